The second kappa shape index (κ2) is 7.96. The molecule has 3 N–H and O–H groups in total. The molecule has 29 heavy (non-hydrogen) atoms. The van der Waals surface area contributed by atoms with Crippen LogP contribution in [-0.4, -0.2) is 40.6 Å². The lowest BCUT2D eigenvalue weighted by Gasteiger charge is -2.34. The van der Waals surface area contributed by atoms with E-state index in [-0.39, 0.29) is 11.8 Å². The number of ether oxygens (including phenoxy) is 1. The number of rotatable bonds is 6. The summed E-state index contributed by atoms with van der Waals surface area (Å²) < 4.78 is 32.3. The number of aromatic nitrogens is 2. The molecule has 1 saturated heterocycles. The standard InChI is InChI=1S/C20H19F2N5O2/c21-14-6-5-12(9-15(14)22)16(10-27-7-2-8-27)26-19-13-3-1-4-17(29-20(23)28)18(13)24-11-25-19/h1,3-6,9,11,16H,2,7-8,10H2,(H2,23,28)(H,24,25,26)/t16-/m1/s1. The van der Waals surface area contributed by atoms with Crippen molar-refractivity contribution >= 4 is 22.8 Å². The first-order valence-electron chi connectivity index (χ1n) is 9.16. The SMILES string of the molecule is NC(=O)Oc1cccc2c(N[C@H](CN3CCC3)c3ccc(F)c(F)c3)ncnc12. The van der Waals surface area contributed by atoms with E-state index in [0.29, 0.717) is 28.8 Å². The molecule has 2 aromatic carbocycles. The fourth-order valence-corrected chi connectivity index (χ4v) is 3.32. The van der Waals surface area contributed by atoms with Gasteiger partial charge in [-0.2, -0.15) is 0 Å². The van der Waals surface area contributed by atoms with Gasteiger partial charge in [-0.05, 0) is 49.3 Å². The Hall–Kier alpha value is -3.33. The molecule has 1 amide bonds. The number of nitrogens with zero attached hydrogens (tertiary/aromatic N) is 3. The Labute approximate surface area is 165 Å². The van der Waals surface area contributed by atoms with Gasteiger partial charge in [0.1, 0.15) is 17.7 Å². The molecule has 0 radical (unpaired) electrons. The quantitative estimate of drug-likeness (QED) is 0.661. The molecule has 0 bridgehead atoms. The minimum absolute atomic E-state index is 0.215. The zero-order valence-corrected chi connectivity index (χ0v) is 15.4. The molecule has 1 fully saturated rings. The molecule has 0 saturated carbocycles. The number of amides is 1. The zero-order valence-electron chi connectivity index (χ0n) is 15.4. The second-order valence-electron chi connectivity index (χ2n) is 6.82. The molecule has 0 aliphatic carbocycles. The van der Waals surface area contributed by atoms with E-state index in [4.69, 9.17) is 10.5 Å². The van der Waals surface area contributed by atoms with Gasteiger partial charge in [0.2, 0.25) is 0 Å². The Bertz CT molecular complexity index is 1060. The Kier molecular flexibility index (Phi) is 5.22. The average Bonchev–Trinajstić information content (AvgIpc) is 2.66. The van der Waals surface area contributed by atoms with Crippen LogP contribution in [0.5, 0.6) is 5.75 Å². The summed E-state index contributed by atoms with van der Waals surface area (Å²) in [6.07, 6.45) is 1.50. The number of carbonyl (C=O) groups is 1. The molecule has 1 atom stereocenters. The molecule has 9 heteroatoms. The van der Waals surface area contributed by atoms with Crippen LogP contribution in [0.25, 0.3) is 10.9 Å². The van der Waals surface area contributed by atoms with Crippen molar-refractivity contribution in [3.63, 3.8) is 0 Å². The van der Waals surface area contributed by atoms with Crippen LogP contribution in [0.2, 0.25) is 0 Å². The number of nitrogens with two attached hydrogens (primary N) is 1. The lowest BCUT2D eigenvalue weighted by Crippen LogP contribution is -2.41. The largest absolute Gasteiger partial charge is 0.410 e. The average molecular weight is 399 g/mol. The molecule has 1 aliphatic heterocycles. The van der Waals surface area contributed by atoms with Crippen LogP contribution in [-0.2, 0) is 0 Å². The Morgan fingerprint density at radius 3 is 2.72 bits per heavy atom. The van der Waals surface area contributed by atoms with Gasteiger partial charge in [0.05, 0.1) is 6.04 Å². The number of halogens is 2. The van der Waals surface area contributed by atoms with Gasteiger partial charge in [0.15, 0.2) is 17.4 Å². The minimum Gasteiger partial charge on any atom is -0.408 e. The Morgan fingerprint density at radius 1 is 1.21 bits per heavy atom. The lowest BCUT2D eigenvalue weighted by molar-refractivity contribution is 0.174. The molecule has 2 heterocycles. The number of carbonyl (C=O) groups excluding carboxylic acids is 1. The topological polar surface area (TPSA) is 93.4 Å². The first-order chi connectivity index (χ1) is 14.0. The van der Waals surface area contributed by atoms with Crippen LogP contribution < -0.4 is 15.8 Å². The maximum absolute atomic E-state index is 13.8. The highest BCUT2D eigenvalue weighted by molar-refractivity contribution is 5.94. The fraction of sp³-hybridized carbons (Fsp3) is 0.250. The van der Waals surface area contributed by atoms with Gasteiger partial charge < -0.3 is 20.7 Å². The van der Waals surface area contributed by atoms with Crippen molar-refractivity contribution < 1.29 is 18.3 Å². The first-order valence-corrected chi connectivity index (χ1v) is 9.16. The summed E-state index contributed by atoms with van der Waals surface area (Å²) in [5.41, 5.74) is 6.14. The third-order valence-electron chi connectivity index (χ3n) is 4.88. The monoisotopic (exact) mass is 399 g/mol. The highest BCUT2D eigenvalue weighted by atomic mass is 19.2. The second-order valence-corrected chi connectivity index (χ2v) is 6.82. The summed E-state index contributed by atoms with van der Waals surface area (Å²) in [6, 6.07) is 8.58. The van der Waals surface area contributed by atoms with Gasteiger partial charge in [-0.15, -0.1) is 0 Å². The van der Waals surface area contributed by atoms with Gasteiger partial charge in [0.25, 0.3) is 0 Å². The maximum atomic E-state index is 13.8. The Balaban J connectivity index is 1.70. The van der Waals surface area contributed by atoms with Crippen molar-refractivity contribution in [3.8, 4) is 5.75 Å². The summed E-state index contributed by atoms with van der Waals surface area (Å²) in [5.74, 6) is -1.09. The number of primary amides is 1. The molecule has 1 aromatic heterocycles. The van der Waals surface area contributed by atoms with E-state index in [1.54, 1.807) is 24.3 Å². The number of fused-ring (bicyclic) bond motifs is 1. The Morgan fingerprint density at radius 2 is 2.03 bits per heavy atom. The van der Waals surface area contributed by atoms with E-state index in [1.165, 1.54) is 12.4 Å². The van der Waals surface area contributed by atoms with E-state index in [0.717, 1.165) is 25.6 Å². The summed E-state index contributed by atoms with van der Waals surface area (Å²) in [5, 5.41) is 3.92. The number of likely N-dealkylation sites (tertiary alicyclic amines) is 1. The van der Waals surface area contributed by atoms with Crippen molar-refractivity contribution in [2.24, 2.45) is 5.73 Å². The molecular weight excluding hydrogens is 380 g/mol. The van der Waals surface area contributed by atoms with Crippen LogP contribution in [0, 0.1) is 11.6 Å². The molecule has 150 valence electrons. The molecule has 7 nitrogen and oxygen atoms in total. The lowest BCUT2D eigenvalue weighted by atomic mass is 10.0. The minimum atomic E-state index is -0.942. The molecule has 1 aliphatic rings. The van der Waals surface area contributed by atoms with Crippen molar-refractivity contribution in [3.05, 3.63) is 59.9 Å². The smallest absolute Gasteiger partial charge is 0.408 e. The van der Waals surface area contributed by atoms with Crippen LogP contribution in [0.3, 0.4) is 0 Å². The third-order valence-corrected chi connectivity index (χ3v) is 4.88. The van der Waals surface area contributed by atoms with Crippen LogP contribution >= 0.6 is 0 Å². The fourth-order valence-electron chi connectivity index (χ4n) is 3.32. The number of para-hydroxylation sites is 1. The number of hydrogen-bond donors (Lipinski definition) is 2. The van der Waals surface area contributed by atoms with Gasteiger partial charge in [0, 0.05) is 11.9 Å². The predicted octanol–water partition coefficient (Wildman–Crippen LogP) is 3.22. The molecule has 4 rings (SSSR count). The van der Waals surface area contributed by atoms with Crippen LogP contribution in [0.4, 0.5) is 19.4 Å². The zero-order chi connectivity index (χ0) is 20.4. The third kappa shape index (κ3) is 4.09. The van der Waals surface area contributed by atoms with Crippen molar-refractivity contribution in [2.75, 3.05) is 25.0 Å². The molecule has 0 unspecified atom stereocenters. The summed E-state index contributed by atoms with van der Waals surface area (Å²) in [6.45, 7) is 2.50. The number of hydrogen-bond acceptors (Lipinski definition) is 6. The van der Waals surface area contributed by atoms with E-state index >= 15 is 0 Å². The van der Waals surface area contributed by atoms with Gasteiger partial charge in [-0.25, -0.2) is 23.5 Å². The molecular formula is C20H19F2N5O2. The predicted molar refractivity (Wildman–Crippen MR) is 104 cm³/mol. The first kappa shape index (κ1) is 19.0. The number of benzene rings is 2. The van der Waals surface area contributed by atoms with Crippen LogP contribution in [0.1, 0.15) is 18.0 Å². The molecule has 3 aromatic rings. The van der Waals surface area contributed by atoms with Crippen molar-refractivity contribution in [1.82, 2.24) is 14.9 Å². The highest BCUT2D eigenvalue weighted by Gasteiger charge is 2.23. The van der Waals surface area contributed by atoms with E-state index in [9.17, 15) is 13.6 Å². The number of nitrogens with one attached hydrogen (secondary N) is 1. The summed E-state index contributed by atoms with van der Waals surface area (Å²) in [7, 11) is 0. The maximum Gasteiger partial charge on any atom is 0.410 e. The van der Waals surface area contributed by atoms with Crippen LogP contribution in [0.15, 0.2) is 42.7 Å². The van der Waals surface area contributed by atoms with Gasteiger partial charge in [-0.3, -0.25) is 0 Å². The van der Waals surface area contributed by atoms with E-state index in [1.807, 2.05) is 0 Å². The van der Waals surface area contributed by atoms with Crippen molar-refractivity contribution in [2.45, 2.75) is 12.5 Å². The van der Waals surface area contributed by atoms with E-state index < -0.39 is 17.7 Å². The van der Waals surface area contributed by atoms with Crippen molar-refractivity contribution in [1.29, 1.82) is 0 Å². The normalized spacial score (nSPS) is 15.0. The summed E-state index contributed by atoms with van der Waals surface area (Å²) in [4.78, 5) is 21.9. The van der Waals surface area contributed by atoms with E-state index in [2.05, 4.69) is 20.2 Å². The molecule has 0 spiro atoms. The highest BCUT2D eigenvalue weighted by Crippen LogP contribution is 2.30. The van der Waals surface area contributed by atoms with Gasteiger partial charge >= 0.3 is 6.09 Å². The summed E-state index contributed by atoms with van der Waals surface area (Å²) >= 11 is 0. The van der Waals surface area contributed by atoms with Gasteiger partial charge in [-0.1, -0.05) is 12.1 Å². The number of anilines is 1.